The van der Waals surface area contributed by atoms with Gasteiger partial charge in [-0.15, -0.1) is 0 Å². The van der Waals surface area contributed by atoms with E-state index in [1.807, 2.05) is 13.8 Å². The van der Waals surface area contributed by atoms with Crippen molar-refractivity contribution in [1.29, 1.82) is 0 Å². The number of carbonyl (C=O) groups is 1. The van der Waals surface area contributed by atoms with Crippen LogP contribution in [0.4, 0.5) is 10.2 Å². The van der Waals surface area contributed by atoms with Crippen molar-refractivity contribution in [2.75, 3.05) is 51.7 Å². The smallest absolute Gasteiger partial charge is 0.257 e. The fourth-order valence-corrected chi connectivity index (χ4v) is 7.74. The summed E-state index contributed by atoms with van der Waals surface area (Å²) in [6, 6.07) is 3.92. The van der Waals surface area contributed by atoms with Gasteiger partial charge in [0, 0.05) is 38.1 Å². The number of nitrogens with one attached hydrogen (secondary N) is 1. The molecule has 3 aliphatic rings. The van der Waals surface area contributed by atoms with E-state index in [-0.39, 0.29) is 33.9 Å². The number of ether oxygens (including phenoxy) is 1. The monoisotopic (exact) mass is 602 g/mol. The number of piperidine rings is 1. The van der Waals surface area contributed by atoms with Crippen molar-refractivity contribution < 1.29 is 22.3 Å². The minimum atomic E-state index is -3.17. The summed E-state index contributed by atoms with van der Waals surface area (Å²) in [7, 11) is 0.0181. The van der Waals surface area contributed by atoms with Crippen molar-refractivity contribution in [2.45, 2.75) is 63.7 Å². The highest BCUT2D eigenvalue weighted by atomic mass is 32.2. The van der Waals surface area contributed by atoms with Crippen LogP contribution in [0.25, 0.3) is 0 Å². The van der Waals surface area contributed by atoms with Crippen molar-refractivity contribution in [3.05, 3.63) is 42.1 Å². The Morgan fingerprint density at radius 2 is 1.86 bits per heavy atom. The molecule has 2 saturated heterocycles. The number of sulfonamides is 1. The Bertz CT molecular complexity index is 1370. The minimum absolute atomic E-state index is 0.0508. The number of nitrogens with zero attached hydrogens (tertiary/aromatic N) is 5. The van der Waals surface area contributed by atoms with E-state index in [4.69, 9.17) is 4.74 Å². The summed E-state index contributed by atoms with van der Waals surface area (Å²) >= 11 is 0. The molecule has 42 heavy (non-hydrogen) atoms. The number of aromatic nitrogens is 2. The van der Waals surface area contributed by atoms with Crippen LogP contribution in [0.1, 0.15) is 62.7 Å². The lowest BCUT2D eigenvalue weighted by molar-refractivity contribution is 0.0628. The SMILES string of the molecule is CNS(=O)(=O)C1CCC(CN2CCC3(CC2)CN(c2ncncc2Oc2ccc(F)cc2C(=O)N(C)C(C)C)C3)CC1. The van der Waals surface area contributed by atoms with Gasteiger partial charge in [-0.3, -0.25) is 4.79 Å². The number of rotatable bonds is 9. The Balaban J connectivity index is 1.17. The molecule has 3 heterocycles. The Kier molecular flexibility index (Phi) is 9.05. The first-order valence-corrected chi connectivity index (χ1v) is 16.5. The maximum absolute atomic E-state index is 14.1. The van der Waals surface area contributed by atoms with Gasteiger partial charge < -0.3 is 19.4 Å². The number of amides is 1. The van der Waals surface area contributed by atoms with Crippen molar-refractivity contribution in [2.24, 2.45) is 11.3 Å². The number of benzene rings is 1. The van der Waals surface area contributed by atoms with E-state index in [0.717, 1.165) is 71.2 Å². The molecule has 0 radical (unpaired) electrons. The molecule has 0 bridgehead atoms. The molecule has 230 valence electrons. The van der Waals surface area contributed by atoms with Gasteiger partial charge in [-0.1, -0.05) is 0 Å². The van der Waals surface area contributed by atoms with Crippen LogP contribution in [0.3, 0.4) is 0 Å². The summed E-state index contributed by atoms with van der Waals surface area (Å²) in [4.78, 5) is 28.0. The Hall–Kier alpha value is -2.83. The summed E-state index contributed by atoms with van der Waals surface area (Å²) in [5.74, 6) is 1.12. The third-order valence-electron chi connectivity index (χ3n) is 9.45. The van der Waals surface area contributed by atoms with Crippen LogP contribution in [0.2, 0.25) is 0 Å². The molecule has 1 aliphatic carbocycles. The number of halogens is 1. The predicted octanol–water partition coefficient (Wildman–Crippen LogP) is 3.90. The zero-order valence-electron chi connectivity index (χ0n) is 25.1. The van der Waals surface area contributed by atoms with Gasteiger partial charge in [0.2, 0.25) is 10.0 Å². The van der Waals surface area contributed by atoms with E-state index >= 15 is 0 Å². The van der Waals surface area contributed by atoms with Crippen molar-refractivity contribution in [3.8, 4) is 11.5 Å². The molecule has 1 aromatic carbocycles. The zero-order chi connectivity index (χ0) is 30.1. The van der Waals surface area contributed by atoms with Crippen LogP contribution in [0.5, 0.6) is 11.5 Å². The highest BCUT2D eigenvalue weighted by molar-refractivity contribution is 7.90. The van der Waals surface area contributed by atoms with Crippen LogP contribution in [-0.4, -0.2) is 92.2 Å². The zero-order valence-corrected chi connectivity index (χ0v) is 25.9. The molecular formula is C30H43FN6O4S. The first-order chi connectivity index (χ1) is 20.0. The van der Waals surface area contributed by atoms with E-state index in [9.17, 15) is 17.6 Å². The Labute approximate surface area is 248 Å². The summed E-state index contributed by atoms with van der Waals surface area (Å²) < 4.78 is 47.1. The van der Waals surface area contributed by atoms with E-state index < -0.39 is 15.8 Å². The first kappa shape index (κ1) is 30.6. The van der Waals surface area contributed by atoms with Crippen LogP contribution in [0.15, 0.2) is 30.7 Å². The standard InChI is InChI=1S/C30H43FN6O4S/c1-21(2)35(4)29(38)25-15-23(31)7-10-26(25)41-27-16-33-20-34-28(27)37-18-30(19-37)11-13-36(14-12-30)17-22-5-8-24(9-6-22)42(39,40)32-3/h7,10,15-16,20-22,24,32H,5-6,8-9,11-14,17-19H2,1-4H3. The average molecular weight is 603 g/mol. The third kappa shape index (κ3) is 6.55. The number of likely N-dealkylation sites (tertiary alicyclic amines) is 1. The predicted molar refractivity (Wildman–Crippen MR) is 160 cm³/mol. The van der Waals surface area contributed by atoms with Gasteiger partial charge >= 0.3 is 0 Å². The van der Waals surface area contributed by atoms with E-state index in [1.165, 1.54) is 31.6 Å². The van der Waals surface area contributed by atoms with E-state index in [1.54, 1.807) is 18.1 Å². The molecule has 12 heteroatoms. The van der Waals surface area contributed by atoms with E-state index in [2.05, 4.69) is 24.5 Å². The topological polar surface area (TPSA) is 108 Å². The van der Waals surface area contributed by atoms with Gasteiger partial charge in [0.1, 0.15) is 17.9 Å². The highest BCUT2D eigenvalue weighted by Gasteiger charge is 2.46. The normalized spacial score (nSPS) is 22.7. The first-order valence-electron chi connectivity index (χ1n) is 14.9. The van der Waals surface area contributed by atoms with Crippen LogP contribution in [0, 0.1) is 17.2 Å². The van der Waals surface area contributed by atoms with Crippen LogP contribution >= 0.6 is 0 Å². The molecular weight excluding hydrogens is 559 g/mol. The lowest BCUT2D eigenvalue weighted by Crippen LogP contribution is -2.61. The molecule has 1 spiro atoms. The van der Waals surface area contributed by atoms with Gasteiger partial charge in [-0.05, 0) is 96.6 Å². The second-order valence-electron chi connectivity index (χ2n) is 12.5. The molecule has 1 amide bonds. The largest absolute Gasteiger partial charge is 0.451 e. The molecule has 0 unspecified atom stereocenters. The average Bonchev–Trinajstić information content (AvgIpc) is 2.97. The molecule has 2 aromatic rings. The molecule has 1 aromatic heterocycles. The number of anilines is 1. The molecule has 10 nitrogen and oxygen atoms in total. The third-order valence-corrected chi connectivity index (χ3v) is 11.4. The molecule has 5 rings (SSSR count). The highest BCUT2D eigenvalue weighted by Crippen LogP contribution is 2.45. The van der Waals surface area contributed by atoms with Crippen molar-refractivity contribution >= 4 is 21.7 Å². The molecule has 1 N–H and O–H groups in total. The lowest BCUT2D eigenvalue weighted by atomic mass is 9.71. The molecule has 0 atom stereocenters. The summed E-state index contributed by atoms with van der Waals surface area (Å²) in [6.45, 7) is 8.66. The Morgan fingerprint density at radius 1 is 1.17 bits per heavy atom. The van der Waals surface area contributed by atoms with Gasteiger partial charge in [0.25, 0.3) is 5.91 Å². The number of hydrogen-bond acceptors (Lipinski definition) is 8. The summed E-state index contributed by atoms with van der Waals surface area (Å²) in [6.07, 6.45) is 8.71. The van der Waals surface area contributed by atoms with Crippen LogP contribution in [-0.2, 0) is 10.0 Å². The Morgan fingerprint density at radius 3 is 2.50 bits per heavy atom. The lowest BCUT2D eigenvalue weighted by Gasteiger charge is -2.54. The maximum atomic E-state index is 14.1. The van der Waals surface area contributed by atoms with Gasteiger partial charge in [0.05, 0.1) is 17.0 Å². The quantitative estimate of drug-likeness (QED) is 0.461. The second-order valence-corrected chi connectivity index (χ2v) is 14.7. The van der Waals surface area contributed by atoms with Gasteiger partial charge in [0.15, 0.2) is 11.6 Å². The maximum Gasteiger partial charge on any atom is 0.257 e. The molecule has 1 saturated carbocycles. The fraction of sp³-hybridized carbons (Fsp3) is 0.633. The van der Waals surface area contributed by atoms with Crippen molar-refractivity contribution in [3.63, 3.8) is 0 Å². The van der Waals surface area contributed by atoms with E-state index in [0.29, 0.717) is 17.5 Å². The van der Waals surface area contributed by atoms with Gasteiger partial charge in [-0.25, -0.2) is 27.5 Å². The fourth-order valence-electron chi connectivity index (χ4n) is 6.52. The number of hydrogen-bond donors (Lipinski definition) is 1. The minimum Gasteiger partial charge on any atom is -0.451 e. The summed E-state index contributed by atoms with van der Waals surface area (Å²) in [5.41, 5.74) is 0.388. The van der Waals surface area contributed by atoms with Crippen LogP contribution < -0.4 is 14.4 Å². The molecule has 3 fully saturated rings. The second kappa shape index (κ2) is 12.4. The summed E-state index contributed by atoms with van der Waals surface area (Å²) in [5, 5.41) is -0.253. The van der Waals surface area contributed by atoms with Gasteiger partial charge in [-0.2, -0.15) is 0 Å². The number of carbonyl (C=O) groups excluding carboxylic acids is 1. The van der Waals surface area contributed by atoms with Crippen molar-refractivity contribution in [1.82, 2.24) is 24.5 Å². The molecule has 2 aliphatic heterocycles.